The molecule has 1 aliphatic rings. The van der Waals surface area contributed by atoms with E-state index in [9.17, 15) is 9.59 Å². The summed E-state index contributed by atoms with van der Waals surface area (Å²) in [5.41, 5.74) is 3.05. The van der Waals surface area contributed by atoms with Crippen LogP contribution in [0.15, 0.2) is 18.2 Å². The first-order valence-corrected chi connectivity index (χ1v) is 6.83. The Morgan fingerprint density at radius 3 is 2.70 bits per heavy atom. The van der Waals surface area contributed by atoms with Gasteiger partial charge < -0.3 is 15.5 Å². The molecule has 20 heavy (non-hydrogen) atoms. The Bertz CT molecular complexity index is 516. The highest BCUT2D eigenvalue weighted by Crippen LogP contribution is 2.22. The minimum Gasteiger partial charge on any atom is -0.377 e. The van der Waals surface area contributed by atoms with Crippen molar-refractivity contribution < 1.29 is 9.59 Å². The SMILES string of the molecule is Cc1cc(NC(=O)C2CCC(=O)NC2)ccc1N(C)C. The molecule has 2 amide bonds. The first kappa shape index (κ1) is 14.4. The van der Waals surface area contributed by atoms with Crippen molar-refractivity contribution in [3.05, 3.63) is 23.8 Å². The summed E-state index contributed by atoms with van der Waals surface area (Å²) in [5.74, 6) is -0.135. The molecule has 5 nitrogen and oxygen atoms in total. The summed E-state index contributed by atoms with van der Waals surface area (Å²) in [5, 5.41) is 5.65. The molecule has 0 radical (unpaired) electrons. The number of carbonyl (C=O) groups is 2. The standard InChI is InChI=1S/C15H21N3O2/c1-10-8-12(5-6-13(10)18(2)3)17-15(20)11-4-7-14(19)16-9-11/h5-6,8,11H,4,7,9H2,1-3H3,(H,16,19)(H,17,20). The predicted molar refractivity (Wildman–Crippen MR) is 79.9 cm³/mol. The molecule has 0 saturated carbocycles. The van der Waals surface area contributed by atoms with Crippen molar-refractivity contribution in [2.45, 2.75) is 19.8 Å². The molecule has 2 N–H and O–H groups in total. The smallest absolute Gasteiger partial charge is 0.229 e. The fraction of sp³-hybridized carbons (Fsp3) is 0.467. The van der Waals surface area contributed by atoms with Crippen LogP contribution < -0.4 is 15.5 Å². The van der Waals surface area contributed by atoms with Crippen molar-refractivity contribution in [2.24, 2.45) is 5.92 Å². The molecular formula is C15H21N3O2. The molecule has 1 heterocycles. The van der Waals surface area contributed by atoms with Crippen LogP contribution in [0.25, 0.3) is 0 Å². The van der Waals surface area contributed by atoms with Gasteiger partial charge in [-0.3, -0.25) is 9.59 Å². The summed E-state index contributed by atoms with van der Waals surface area (Å²) in [7, 11) is 3.98. The van der Waals surface area contributed by atoms with Gasteiger partial charge in [0.2, 0.25) is 11.8 Å². The second-order valence-electron chi connectivity index (χ2n) is 5.42. The van der Waals surface area contributed by atoms with Gasteiger partial charge >= 0.3 is 0 Å². The molecule has 1 fully saturated rings. The maximum absolute atomic E-state index is 12.1. The first-order valence-electron chi connectivity index (χ1n) is 6.83. The lowest BCUT2D eigenvalue weighted by Crippen LogP contribution is -2.40. The summed E-state index contributed by atoms with van der Waals surface area (Å²) in [6.07, 6.45) is 1.04. The molecule has 1 atom stereocenters. The molecule has 1 saturated heterocycles. The zero-order valence-electron chi connectivity index (χ0n) is 12.2. The van der Waals surface area contributed by atoms with Crippen molar-refractivity contribution in [2.75, 3.05) is 30.9 Å². The Balaban J connectivity index is 2.01. The van der Waals surface area contributed by atoms with Crippen LogP contribution in [0.5, 0.6) is 0 Å². The third-order valence-corrected chi connectivity index (χ3v) is 3.58. The third kappa shape index (κ3) is 3.29. The quantitative estimate of drug-likeness (QED) is 0.879. The second-order valence-corrected chi connectivity index (χ2v) is 5.42. The maximum atomic E-state index is 12.1. The van der Waals surface area contributed by atoms with Gasteiger partial charge in [0.1, 0.15) is 0 Å². The lowest BCUT2D eigenvalue weighted by atomic mass is 9.98. The lowest BCUT2D eigenvalue weighted by molar-refractivity contribution is -0.126. The molecule has 108 valence electrons. The van der Waals surface area contributed by atoms with Crippen LogP contribution in [-0.4, -0.2) is 32.5 Å². The molecule has 2 rings (SSSR count). The summed E-state index contributed by atoms with van der Waals surface area (Å²) < 4.78 is 0. The number of carbonyl (C=O) groups excluding carboxylic acids is 2. The van der Waals surface area contributed by atoms with E-state index >= 15 is 0 Å². The monoisotopic (exact) mass is 275 g/mol. The van der Waals surface area contributed by atoms with Crippen LogP contribution in [-0.2, 0) is 9.59 Å². The van der Waals surface area contributed by atoms with Crippen LogP contribution in [0.3, 0.4) is 0 Å². The van der Waals surface area contributed by atoms with Gasteiger partial charge in [0.05, 0.1) is 5.92 Å². The summed E-state index contributed by atoms with van der Waals surface area (Å²) in [4.78, 5) is 25.3. The van der Waals surface area contributed by atoms with Crippen molar-refractivity contribution in [3.63, 3.8) is 0 Å². The summed E-state index contributed by atoms with van der Waals surface area (Å²) >= 11 is 0. The highest BCUT2D eigenvalue weighted by atomic mass is 16.2. The van der Waals surface area contributed by atoms with E-state index in [-0.39, 0.29) is 17.7 Å². The summed E-state index contributed by atoms with van der Waals surface area (Å²) in [6.45, 7) is 2.45. The zero-order valence-corrected chi connectivity index (χ0v) is 12.2. The molecular weight excluding hydrogens is 254 g/mol. The zero-order chi connectivity index (χ0) is 14.7. The molecule has 5 heteroatoms. The maximum Gasteiger partial charge on any atom is 0.229 e. The van der Waals surface area contributed by atoms with Gasteiger partial charge in [0.15, 0.2) is 0 Å². The van der Waals surface area contributed by atoms with E-state index in [0.717, 1.165) is 16.9 Å². The van der Waals surface area contributed by atoms with Gasteiger partial charge in [-0.1, -0.05) is 0 Å². The Morgan fingerprint density at radius 2 is 2.15 bits per heavy atom. The Labute approximate surface area is 119 Å². The molecule has 1 aromatic carbocycles. The predicted octanol–water partition coefficient (Wildman–Crippen LogP) is 1.53. The Kier molecular flexibility index (Phi) is 4.27. The van der Waals surface area contributed by atoms with Gasteiger partial charge in [0.25, 0.3) is 0 Å². The highest BCUT2D eigenvalue weighted by molar-refractivity contribution is 5.94. The number of hydrogen-bond donors (Lipinski definition) is 2. The second kappa shape index (κ2) is 5.94. The number of rotatable bonds is 3. The molecule has 1 aliphatic heterocycles. The van der Waals surface area contributed by atoms with Crippen molar-refractivity contribution >= 4 is 23.2 Å². The molecule has 1 aromatic rings. The Hall–Kier alpha value is -2.04. The first-order chi connectivity index (χ1) is 9.47. The van der Waals surface area contributed by atoms with Crippen LogP contribution in [0.4, 0.5) is 11.4 Å². The van der Waals surface area contributed by atoms with Crippen molar-refractivity contribution in [1.29, 1.82) is 0 Å². The minimum absolute atomic E-state index is 0.0259. The van der Waals surface area contributed by atoms with Gasteiger partial charge in [-0.25, -0.2) is 0 Å². The fourth-order valence-corrected chi connectivity index (χ4v) is 2.44. The fourth-order valence-electron chi connectivity index (χ4n) is 2.44. The molecule has 0 bridgehead atoms. The number of aryl methyl sites for hydroxylation is 1. The largest absolute Gasteiger partial charge is 0.377 e. The Morgan fingerprint density at radius 1 is 1.40 bits per heavy atom. The number of benzene rings is 1. The number of nitrogens with one attached hydrogen (secondary N) is 2. The van der Waals surface area contributed by atoms with Gasteiger partial charge in [0, 0.05) is 38.4 Å². The number of amides is 2. The third-order valence-electron chi connectivity index (χ3n) is 3.58. The topological polar surface area (TPSA) is 61.4 Å². The van der Waals surface area contributed by atoms with Crippen LogP contribution in [0, 0.1) is 12.8 Å². The van der Waals surface area contributed by atoms with E-state index in [1.165, 1.54) is 0 Å². The molecule has 1 unspecified atom stereocenters. The minimum atomic E-state index is -0.137. The number of hydrogen-bond acceptors (Lipinski definition) is 3. The van der Waals surface area contributed by atoms with Gasteiger partial charge in [-0.05, 0) is 37.1 Å². The normalized spacial score (nSPS) is 18.4. The van der Waals surface area contributed by atoms with E-state index < -0.39 is 0 Å². The van der Waals surface area contributed by atoms with Gasteiger partial charge in [-0.15, -0.1) is 0 Å². The van der Waals surface area contributed by atoms with Crippen LogP contribution in [0.2, 0.25) is 0 Å². The summed E-state index contributed by atoms with van der Waals surface area (Å²) in [6, 6.07) is 5.86. The van der Waals surface area contributed by atoms with Gasteiger partial charge in [-0.2, -0.15) is 0 Å². The highest BCUT2D eigenvalue weighted by Gasteiger charge is 2.24. The lowest BCUT2D eigenvalue weighted by Gasteiger charge is -2.22. The number of piperidine rings is 1. The van der Waals surface area contributed by atoms with E-state index in [0.29, 0.717) is 19.4 Å². The molecule has 0 aromatic heterocycles. The number of anilines is 2. The van der Waals surface area contributed by atoms with E-state index in [1.807, 2.05) is 44.1 Å². The van der Waals surface area contributed by atoms with Crippen molar-refractivity contribution in [3.8, 4) is 0 Å². The average molecular weight is 275 g/mol. The molecule has 0 spiro atoms. The van der Waals surface area contributed by atoms with E-state index in [2.05, 4.69) is 10.6 Å². The molecule has 0 aliphatic carbocycles. The van der Waals surface area contributed by atoms with E-state index in [1.54, 1.807) is 0 Å². The average Bonchev–Trinajstić information content (AvgIpc) is 2.39. The van der Waals surface area contributed by atoms with E-state index in [4.69, 9.17) is 0 Å². The number of nitrogens with zero attached hydrogens (tertiary/aromatic N) is 1. The van der Waals surface area contributed by atoms with Crippen LogP contribution >= 0.6 is 0 Å². The van der Waals surface area contributed by atoms with Crippen LogP contribution in [0.1, 0.15) is 18.4 Å². The van der Waals surface area contributed by atoms with Crippen molar-refractivity contribution in [1.82, 2.24) is 5.32 Å².